The van der Waals surface area contributed by atoms with Gasteiger partial charge < -0.3 is 10.1 Å². The molecule has 2 aromatic rings. The first kappa shape index (κ1) is 15.7. The average molecular weight is 306 g/mol. The van der Waals surface area contributed by atoms with Crippen molar-refractivity contribution in [2.75, 3.05) is 18.5 Å². The maximum atomic E-state index is 6.20. The van der Waals surface area contributed by atoms with Crippen LogP contribution in [0.2, 0.25) is 5.02 Å². The van der Waals surface area contributed by atoms with Crippen LogP contribution < -0.4 is 5.32 Å². The molecule has 4 nitrogen and oxygen atoms in total. The number of ether oxygens (including phenoxy) is 1. The molecule has 1 N–H and O–H groups in total. The predicted octanol–water partition coefficient (Wildman–Crippen LogP) is 4.07. The molecule has 112 valence electrons. The standard InChI is InChI=1S/C16H20ClN3O/c1-4-18-15-9-14(19-16(20-15)10-21-5-2)12-7-6-11(3)13(17)8-12/h6-9H,4-5,10H2,1-3H3,(H,18,19,20). The van der Waals surface area contributed by atoms with Crippen molar-refractivity contribution in [2.24, 2.45) is 0 Å². The monoisotopic (exact) mass is 305 g/mol. The van der Waals surface area contributed by atoms with Gasteiger partial charge in [0.25, 0.3) is 0 Å². The number of benzene rings is 1. The molecule has 0 fully saturated rings. The van der Waals surface area contributed by atoms with E-state index in [1.165, 1.54) is 0 Å². The topological polar surface area (TPSA) is 47.0 Å². The van der Waals surface area contributed by atoms with Gasteiger partial charge in [-0.15, -0.1) is 0 Å². The summed E-state index contributed by atoms with van der Waals surface area (Å²) in [4.78, 5) is 9.01. The van der Waals surface area contributed by atoms with Gasteiger partial charge in [-0.1, -0.05) is 23.7 Å². The Labute approximate surface area is 130 Å². The summed E-state index contributed by atoms with van der Waals surface area (Å²) in [6.07, 6.45) is 0. The number of nitrogens with zero attached hydrogens (tertiary/aromatic N) is 2. The zero-order valence-electron chi connectivity index (χ0n) is 12.6. The molecule has 0 atom stereocenters. The Morgan fingerprint density at radius 3 is 2.67 bits per heavy atom. The maximum absolute atomic E-state index is 6.20. The number of anilines is 1. The van der Waals surface area contributed by atoms with Crippen molar-refractivity contribution < 1.29 is 4.74 Å². The number of nitrogens with one attached hydrogen (secondary N) is 1. The minimum Gasteiger partial charge on any atom is -0.374 e. The number of aryl methyl sites for hydroxylation is 1. The van der Waals surface area contributed by atoms with E-state index < -0.39 is 0 Å². The van der Waals surface area contributed by atoms with Crippen LogP contribution in [0.3, 0.4) is 0 Å². The summed E-state index contributed by atoms with van der Waals surface area (Å²) in [5, 5.41) is 3.96. The number of aromatic nitrogens is 2. The van der Waals surface area contributed by atoms with Crippen LogP contribution in [-0.2, 0) is 11.3 Å². The lowest BCUT2D eigenvalue weighted by atomic mass is 10.1. The van der Waals surface area contributed by atoms with Crippen LogP contribution in [0, 0.1) is 6.92 Å². The zero-order chi connectivity index (χ0) is 15.2. The molecule has 1 heterocycles. The van der Waals surface area contributed by atoms with Gasteiger partial charge in [-0.25, -0.2) is 9.97 Å². The fourth-order valence-corrected chi connectivity index (χ4v) is 2.11. The minimum atomic E-state index is 0.405. The lowest BCUT2D eigenvalue weighted by Crippen LogP contribution is -2.06. The molecule has 0 aliphatic heterocycles. The van der Waals surface area contributed by atoms with Gasteiger partial charge >= 0.3 is 0 Å². The summed E-state index contributed by atoms with van der Waals surface area (Å²) in [7, 11) is 0. The Morgan fingerprint density at radius 2 is 2.00 bits per heavy atom. The second-order valence-corrected chi connectivity index (χ2v) is 5.09. The molecule has 0 saturated heterocycles. The van der Waals surface area contributed by atoms with E-state index in [4.69, 9.17) is 16.3 Å². The molecule has 0 bridgehead atoms. The molecular formula is C16H20ClN3O. The first-order valence-corrected chi connectivity index (χ1v) is 7.48. The van der Waals surface area contributed by atoms with Crippen molar-refractivity contribution in [3.63, 3.8) is 0 Å². The smallest absolute Gasteiger partial charge is 0.157 e. The maximum Gasteiger partial charge on any atom is 0.157 e. The molecule has 5 heteroatoms. The highest BCUT2D eigenvalue weighted by atomic mass is 35.5. The van der Waals surface area contributed by atoms with Crippen molar-refractivity contribution in [3.8, 4) is 11.3 Å². The van der Waals surface area contributed by atoms with Crippen molar-refractivity contribution >= 4 is 17.4 Å². The molecule has 1 aromatic carbocycles. The van der Waals surface area contributed by atoms with E-state index in [0.29, 0.717) is 19.0 Å². The highest BCUT2D eigenvalue weighted by molar-refractivity contribution is 6.31. The van der Waals surface area contributed by atoms with E-state index in [2.05, 4.69) is 15.3 Å². The molecule has 0 unspecified atom stereocenters. The summed E-state index contributed by atoms with van der Waals surface area (Å²) in [6.45, 7) is 7.82. The number of rotatable bonds is 6. The fraction of sp³-hybridized carbons (Fsp3) is 0.375. The van der Waals surface area contributed by atoms with E-state index in [9.17, 15) is 0 Å². The van der Waals surface area contributed by atoms with Crippen molar-refractivity contribution in [1.82, 2.24) is 9.97 Å². The van der Waals surface area contributed by atoms with Gasteiger partial charge in [0, 0.05) is 29.8 Å². The Morgan fingerprint density at radius 1 is 1.19 bits per heavy atom. The largest absolute Gasteiger partial charge is 0.374 e. The Balaban J connectivity index is 2.40. The van der Waals surface area contributed by atoms with Gasteiger partial charge in [0.2, 0.25) is 0 Å². The first-order chi connectivity index (χ1) is 10.1. The average Bonchev–Trinajstić information content (AvgIpc) is 2.48. The van der Waals surface area contributed by atoms with Gasteiger partial charge in [0.05, 0.1) is 5.69 Å². The van der Waals surface area contributed by atoms with E-state index in [-0.39, 0.29) is 0 Å². The van der Waals surface area contributed by atoms with Gasteiger partial charge in [0.15, 0.2) is 5.82 Å². The summed E-state index contributed by atoms with van der Waals surface area (Å²) >= 11 is 6.20. The summed E-state index contributed by atoms with van der Waals surface area (Å²) in [5.41, 5.74) is 2.87. The number of hydrogen-bond acceptors (Lipinski definition) is 4. The molecule has 0 aliphatic rings. The van der Waals surface area contributed by atoms with Crippen molar-refractivity contribution in [1.29, 1.82) is 0 Å². The third-order valence-electron chi connectivity index (χ3n) is 3.03. The van der Waals surface area contributed by atoms with Crippen LogP contribution in [0.5, 0.6) is 0 Å². The van der Waals surface area contributed by atoms with Crippen LogP contribution >= 0.6 is 11.6 Å². The first-order valence-electron chi connectivity index (χ1n) is 7.10. The lowest BCUT2D eigenvalue weighted by Gasteiger charge is -2.10. The molecule has 0 aliphatic carbocycles. The SMILES string of the molecule is CCNc1cc(-c2ccc(C)c(Cl)c2)nc(COCC)n1. The van der Waals surface area contributed by atoms with E-state index in [1.807, 2.05) is 45.0 Å². The molecule has 1 aromatic heterocycles. The van der Waals surface area contributed by atoms with E-state index in [0.717, 1.165) is 34.2 Å². The van der Waals surface area contributed by atoms with Gasteiger partial charge in [0.1, 0.15) is 12.4 Å². The van der Waals surface area contributed by atoms with E-state index in [1.54, 1.807) is 0 Å². The third-order valence-corrected chi connectivity index (χ3v) is 3.44. The normalized spacial score (nSPS) is 10.7. The molecule has 0 amide bonds. The Hall–Kier alpha value is -1.65. The number of hydrogen-bond donors (Lipinski definition) is 1. The fourth-order valence-electron chi connectivity index (χ4n) is 1.93. The van der Waals surface area contributed by atoms with Crippen LogP contribution in [0.4, 0.5) is 5.82 Å². The molecule has 0 saturated carbocycles. The minimum absolute atomic E-state index is 0.405. The summed E-state index contributed by atoms with van der Waals surface area (Å²) in [5.74, 6) is 1.47. The van der Waals surface area contributed by atoms with Gasteiger partial charge in [-0.3, -0.25) is 0 Å². The van der Waals surface area contributed by atoms with Crippen LogP contribution in [0.1, 0.15) is 25.2 Å². The summed E-state index contributed by atoms with van der Waals surface area (Å²) in [6, 6.07) is 7.87. The second-order valence-electron chi connectivity index (χ2n) is 4.69. The second kappa shape index (κ2) is 7.38. The van der Waals surface area contributed by atoms with E-state index >= 15 is 0 Å². The Kier molecular flexibility index (Phi) is 5.53. The van der Waals surface area contributed by atoms with Crippen LogP contribution in [0.15, 0.2) is 24.3 Å². The highest BCUT2D eigenvalue weighted by Crippen LogP contribution is 2.25. The lowest BCUT2D eigenvalue weighted by molar-refractivity contribution is 0.128. The Bertz CT molecular complexity index is 616. The van der Waals surface area contributed by atoms with Gasteiger partial charge in [-0.2, -0.15) is 0 Å². The van der Waals surface area contributed by atoms with Crippen molar-refractivity contribution in [3.05, 3.63) is 40.7 Å². The molecular weight excluding hydrogens is 286 g/mol. The predicted molar refractivity (Wildman–Crippen MR) is 86.7 cm³/mol. The summed E-state index contributed by atoms with van der Waals surface area (Å²) < 4.78 is 5.41. The molecule has 2 rings (SSSR count). The van der Waals surface area contributed by atoms with Gasteiger partial charge in [-0.05, 0) is 32.4 Å². The molecule has 0 radical (unpaired) electrons. The van der Waals surface area contributed by atoms with Crippen LogP contribution in [-0.4, -0.2) is 23.1 Å². The zero-order valence-corrected chi connectivity index (χ0v) is 13.4. The third kappa shape index (κ3) is 4.16. The quantitative estimate of drug-likeness (QED) is 0.874. The van der Waals surface area contributed by atoms with Crippen molar-refractivity contribution in [2.45, 2.75) is 27.4 Å². The van der Waals surface area contributed by atoms with Crippen LogP contribution in [0.25, 0.3) is 11.3 Å². The highest BCUT2D eigenvalue weighted by Gasteiger charge is 2.08. The molecule has 21 heavy (non-hydrogen) atoms. The number of halogens is 1. The molecule has 0 spiro atoms.